The van der Waals surface area contributed by atoms with Crippen LogP contribution in [-0.4, -0.2) is 10.8 Å². The van der Waals surface area contributed by atoms with E-state index in [2.05, 4.69) is 0 Å². The summed E-state index contributed by atoms with van der Waals surface area (Å²) < 4.78 is 0. The summed E-state index contributed by atoms with van der Waals surface area (Å²) in [6.07, 6.45) is 5.05. The second kappa shape index (κ2) is 2.89. The van der Waals surface area contributed by atoms with Crippen molar-refractivity contribution in [3.63, 3.8) is 0 Å². The molecule has 0 aromatic carbocycles. The highest BCUT2D eigenvalue weighted by atomic mass is 16.3. The van der Waals surface area contributed by atoms with Gasteiger partial charge in [0.25, 0.3) is 0 Å². The fourth-order valence-corrected chi connectivity index (χ4v) is 1.36. The molecule has 1 atom stereocenters. The third-order valence-corrected chi connectivity index (χ3v) is 2.02. The Bertz CT molecular complexity index is 108. The molecule has 1 aliphatic rings. The van der Waals surface area contributed by atoms with Crippen molar-refractivity contribution in [2.75, 3.05) is 0 Å². The third-order valence-electron chi connectivity index (χ3n) is 2.02. The Labute approximate surface area is 62.4 Å². The molecular weight excluding hydrogens is 126 g/mol. The number of aliphatic hydroxyl groups is 1. The van der Waals surface area contributed by atoms with Crippen LogP contribution in [0.3, 0.4) is 0 Å². The molecule has 2 nitrogen and oxygen atoms in total. The lowest BCUT2D eigenvalue weighted by Crippen LogP contribution is -2.39. The van der Waals surface area contributed by atoms with Crippen LogP contribution in [0.4, 0.5) is 0 Å². The highest BCUT2D eigenvalue weighted by Gasteiger charge is 2.31. The normalized spacial score (nSPS) is 24.3. The van der Waals surface area contributed by atoms with E-state index in [1.54, 1.807) is 0 Å². The number of rotatable bonds is 4. The molecule has 60 valence electrons. The lowest BCUT2D eigenvalue weighted by atomic mass is 10.0. The number of nitrogens with two attached hydrogens (primary N) is 1. The van der Waals surface area contributed by atoms with Gasteiger partial charge in [0.2, 0.25) is 0 Å². The molecule has 0 radical (unpaired) electrons. The summed E-state index contributed by atoms with van der Waals surface area (Å²) in [7, 11) is 0. The first kappa shape index (κ1) is 8.02. The maximum atomic E-state index is 9.50. The summed E-state index contributed by atoms with van der Waals surface area (Å²) in [5.41, 5.74) is 4.76. The Kier molecular flexibility index (Phi) is 2.32. The SMILES string of the molecule is CCC[C@](N)(O)CC1CC1. The molecule has 2 heteroatoms. The average Bonchev–Trinajstić information content (AvgIpc) is 2.48. The summed E-state index contributed by atoms with van der Waals surface area (Å²) in [5.74, 6) is 0.724. The fraction of sp³-hybridized carbons (Fsp3) is 1.00. The predicted molar refractivity (Wildman–Crippen MR) is 41.4 cm³/mol. The largest absolute Gasteiger partial charge is 0.376 e. The van der Waals surface area contributed by atoms with E-state index in [0.717, 1.165) is 25.2 Å². The van der Waals surface area contributed by atoms with Crippen molar-refractivity contribution in [3.05, 3.63) is 0 Å². The maximum Gasteiger partial charge on any atom is 0.113 e. The van der Waals surface area contributed by atoms with Crippen LogP contribution in [0.15, 0.2) is 0 Å². The summed E-state index contributed by atoms with van der Waals surface area (Å²) in [6.45, 7) is 2.05. The monoisotopic (exact) mass is 143 g/mol. The van der Waals surface area contributed by atoms with E-state index in [9.17, 15) is 5.11 Å². The molecule has 0 aliphatic heterocycles. The molecule has 10 heavy (non-hydrogen) atoms. The summed E-state index contributed by atoms with van der Waals surface area (Å²) in [6, 6.07) is 0. The molecular formula is C8H17NO. The van der Waals surface area contributed by atoms with Crippen molar-refractivity contribution < 1.29 is 5.11 Å². The standard InChI is InChI=1S/C8H17NO/c1-2-5-8(9,10)6-7-3-4-7/h7,10H,2-6,9H2,1H3/t8-/m0/s1. The Morgan fingerprint density at radius 3 is 2.60 bits per heavy atom. The van der Waals surface area contributed by atoms with E-state index in [0.29, 0.717) is 0 Å². The summed E-state index contributed by atoms with van der Waals surface area (Å²) in [5, 5.41) is 9.50. The van der Waals surface area contributed by atoms with Crippen molar-refractivity contribution in [1.82, 2.24) is 0 Å². The topological polar surface area (TPSA) is 46.2 Å². The quantitative estimate of drug-likeness (QED) is 0.581. The second-order valence-corrected chi connectivity index (χ2v) is 3.50. The van der Waals surface area contributed by atoms with Gasteiger partial charge in [-0.1, -0.05) is 26.2 Å². The predicted octanol–water partition coefficient (Wildman–Crippen LogP) is 1.23. The van der Waals surface area contributed by atoms with Crippen LogP contribution in [0, 0.1) is 5.92 Å². The van der Waals surface area contributed by atoms with Crippen LogP contribution in [0.5, 0.6) is 0 Å². The Hall–Kier alpha value is -0.0800. The van der Waals surface area contributed by atoms with Crippen LogP contribution in [-0.2, 0) is 0 Å². The number of hydrogen-bond acceptors (Lipinski definition) is 2. The highest BCUT2D eigenvalue weighted by molar-refractivity contribution is 4.82. The first-order valence-electron chi connectivity index (χ1n) is 4.15. The lowest BCUT2D eigenvalue weighted by molar-refractivity contribution is 0.0231. The van der Waals surface area contributed by atoms with E-state index >= 15 is 0 Å². The van der Waals surface area contributed by atoms with Gasteiger partial charge in [-0.05, 0) is 18.8 Å². The molecule has 0 bridgehead atoms. The van der Waals surface area contributed by atoms with Crippen molar-refractivity contribution >= 4 is 0 Å². The van der Waals surface area contributed by atoms with Gasteiger partial charge in [-0.2, -0.15) is 0 Å². The minimum atomic E-state index is -0.865. The van der Waals surface area contributed by atoms with Crippen molar-refractivity contribution in [2.45, 2.75) is 44.8 Å². The van der Waals surface area contributed by atoms with Crippen LogP contribution in [0.25, 0.3) is 0 Å². The molecule has 0 amide bonds. The summed E-state index contributed by atoms with van der Waals surface area (Å²) in [4.78, 5) is 0. The Balaban J connectivity index is 2.19. The van der Waals surface area contributed by atoms with Crippen LogP contribution >= 0.6 is 0 Å². The van der Waals surface area contributed by atoms with E-state index in [-0.39, 0.29) is 0 Å². The average molecular weight is 143 g/mol. The van der Waals surface area contributed by atoms with Crippen molar-refractivity contribution in [1.29, 1.82) is 0 Å². The molecule has 0 aromatic heterocycles. The van der Waals surface area contributed by atoms with Gasteiger partial charge < -0.3 is 10.8 Å². The second-order valence-electron chi connectivity index (χ2n) is 3.50. The van der Waals surface area contributed by atoms with Gasteiger partial charge in [-0.25, -0.2) is 0 Å². The molecule has 0 aromatic rings. The van der Waals surface area contributed by atoms with E-state index in [4.69, 9.17) is 5.73 Å². The molecule has 0 unspecified atom stereocenters. The minimum Gasteiger partial charge on any atom is -0.376 e. The zero-order chi connectivity index (χ0) is 7.61. The Morgan fingerprint density at radius 1 is 1.60 bits per heavy atom. The number of hydrogen-bond donors (Lipinski definition) is 2. The molecule has 1 rings (SSSR count). The third kappa shape index (κ3) is 2.67. The molecule has 0 heterocycles. The lowest BCUT2D eigenvalue weighted by Gasteiger charge is -2.21. The van der Waals surface area contributed by atoms with Gasteiger partial charge in [-0.15, -0.1) is 0 Å². The maximum absolute atomic E-state index is 9.50. The molecule has 0 spiro atoms. The summed E-state index contributed by atoms with van der Waals surface area (Å²) >= 11 is 0. The zero-order valence-electron chi connectivity index (χ0n) is 6.64. The van der Waals surface area contributed by atoms with Crippen molar-refractivity contribution in [2.24, 2.45) is 11.7 Å². The molecule has 1 fully saturated rings. The van der Waals surface area contributed by atoms with Crippen LogP contribution in [0.1, 0.15) is 39.0 Å². The molecule has 0 saturated heterocycles. The first-order chi connectivity index (χ1) is 4.64. The molecule has 3 N–H and O–H groups in total. The fourth-order valence-electron chi connectivity index (χ4n) is 1.36. The van der Waals surface area contributed by atoms with Gasteiger partial charge in [0.05, 0.1) is 0 Å². The van der Waals surface area contributed by atoms with Gasteiger partial charge in [0, 0.05) is 0 Å². The molecule has 1 aliphatic carbocycles. The van der Waals surface area contributed by atoms with Gasteiger partial charge in [0.1, 0.15) is 5.72 Å². The van der Waals surface area contributed by atoms with Crippen LogP contribution < -0.4 is 5.73 Å². The molecule has 1 saturated carbocycles. The van der Waals surface area contributed by atoms with E-state index < -0.39 is 5.72 Å². The van der Waals surface area contributed by atoms with Gasteiger partial charge >= 0.3 is 0 Å². The Morgan fingerprint density at radius 2 is 2.20 bits per heavy atom. The van der Waals surface area contributed by atoms with Crippen molar-refractivity contribution in [3.8, 4) is 0 Å². The first-order valence-corrected chi connectivity index (χ1v) is 4.15. The van der Waals surface area contributed by atoms with Gasteiger partial charge in [-0.3, -0.25) is 0 Å². The zero-order valence-corrected chi connectivity index (χ0v) is 6.64. The smallest absolute Gasteiger partial charge is 0.113 e. The minimum absolute atomic E-state index is 0.724. The van der Waals surface area contributed by atoms with E-state index in [1.807, 2.05) is 6.92 Å². The van der Waals surface area contributed by atoms with Gasteiger partial charge in [0.15, 0.2) is 0 Å². The highest BCUT2D eigenvalue weighted by Crippen LogP contribution is 2.36. The van der Waals surface area contributed by atoms with Crippen LogP contribution in [0.2, 0.25) is 0 Å². The van der Waals surface area contributed by atoms with E-state index in [1.165, 1.54) is 12.8 Å².